The zero-order valence-corrected chi connectivity index (χ0v) is 13.9. The van der Waals surface area contributed by atoms with E-state index in [-0.39, 0.29) is 0 Å². The summed E-state index contributed by atoms with van der Waals surface area (Å²) in [5, 5.41) is 8.98. The molecule has 0 spiro atoms. The Kier molecular flexibility index (Phi) is 6.80. The van der Waals surface area contributed by atoms with Crippen molar-refractivity contribution < 1.29 is 0 Å². The summed E-state index contributed by atoms with van der Waals surface area (Å²) in [4.78, 5) is 6.08. The fourth-order valence-corrected chi connectivity index (χ4v) is 1.69. The molecule has 1 aromatic rings. The van der Waals surface area contributed by atoms with Crippen LogP contribution in [0.15, 0.2) is 43.9 Å². The number of benzene rings is 1. The molecule has 6 heteroatoms. The van der Waals surface area contributed by atoms with E-state index in [4.69, 9.17) is 0 Å². The molecule has 102 valence electrons. The number of halogens is 1. The van der Waals surface area contributed by atoms with E-state index in [0.717, 1.165) is 15.7 Å². The third-order valence-corrected chi connectivity index (χ3v) is 3.21. The summed E-state index contributed by atoms with van der Waals surface area (Å²) in [6, 6.07) is 7.97. The Labute approximate surface area is 126 Å². The average molecular weight is 341 g/mol. The molecule has 4 nitrogen and oxygen atoms in total. The van der Waals surface area contributed by atoms with Gasteiger partial charge < -0.3 is 4.90 Å². The molecule has 0 fully saturated rings. The fraction of sp³-hybridized carbons (Fsp3) is 0.308. The molecule has 0 aliphatic rings. The van der Waals surface area contributed by atoms with Gasteiger partial charge in [0.15, 0.2) is 0 Å². The van der Waals surface area contributed by atoms with Crippen LogP contribution in [0.3, 0.4) is 0 Å². The van der Waals surface area contributed by atoms with Crippen LogP contribution in [0.2, 0.25) is 0 Å². The van der Waals surface area contributed by atoms with E-state index in [2.05, 4.69) is 31.1 Å². The normalized spacial score (nSPS) is 13.1. The van der Waals surface area contributed by atoms with Gasteiger partial charge in [0.2, 0.25) is 5.17 Å². The molecule has 0 unspecified atom stereocenters. The quantitative estimate of drug-likeness (QED) is 0.480. The van der Waals surface area contributed by atoms with Gasteiger partial charge in [-0.25, -0.2) is 4.99 Å². The molecule has 0 aliphatic heterocycles. The molecule has 0 heterocycles. The van der Waals surface area contributed by atoms with E-state index in [0.29, 0.717) is 5.17 Å². The van der Waals surface area contributed by atoms with Crippen molar-refractivity contribution in [1.82, 2.24) is 4.90 Å². The van der Waals surface area contributed by atoms with Crippen molar-refractivity contribution >= 4 is 44.9 Å². The highest BCUT2D eigenvalue weighted by molar-refractivity contribution is 9.10. The van der Waals surface area contributed by atoms with E-state index in [1.54, 1.807) is 6.34 Å². The van der Waals surface area contributed by atoms with Crippen molar-refractivity contribution in [1.29, 1.82) is 0 Å². The Morgan fingerprint density at radius 2 is 1.84 bits per heavy atom. The van der Waals surface area contributed by atoms with Gasteiger partial charge in [-0.15, -0.1) is 5.10 Å². The lowest BCUT2D eigenvalue weighted by molar-refractivity contribution is 0.644. The first-order chi connectivity index (χ1) is 9.02. The minimum Gasteiger partial charge on any atom is -0.369 e. The summed E-state index contributed by atoms with van der Waals surface area (Å²) in [5.74, 6) is 0. The number of rotatable bonds is 3. The van der Waals surface area contributed by atoms with Crippen molar-refractivity contribution in [3.63, 3.8) is 0 Å². The number of amidine groups is 1. The molecular formula is C13H17BrN4S. The topological polar surface area (TPSA) is 40.3 Å². The van der Waals surface area contributed by atoms with Gasteiger partial charge in [-0.2, -0.15) is 5.10 Å². The molecule has 0 saturated carbocycles. The van der Waals surface area contributed by atoms with E-state index < -0.39 is 0 Å². The Morgan fingerprint density at radius 1 is 1.21 bits per heavy atom. The minimum atomic E-state index is 0.630. The van der Waals surface area contributed by atoms with Crippen molar-refractivity contribution in [3.8, 4) is 0 Å². The smallest absolute Gasteiger partial charge is 0.210 e. The number of thioether (sulfide) groups is 1. The van der Waals surface area contributed by atoms with Crippen molar-refractivity contribution in [2.24, 2.45) is 15.2 Å². The number of nitrogens with zero attached hydrogens (tertiary/aromatic N) is 4. The summed E-state index contributed by atoms with van der Waals surface area (Å²) in [6.45, 7) is 1.93. The SMILES string of the molecule is CSC(=N\N=C(/C)c1ccc(Br)cc1)/N=C/N(C)C. The van der Waals surface area contributed by atoms with E-state index in [9.17, 15) is 0 Å². The van der Waals surface area contributed by atoms with Crippen molar-refractivity contribution in [3.05, 3.63) is 34.3 Å². The predicted molar refractivity (Wildman–Crippen MR) is 89.5 cm³/mol. The van der Waals surface area contributed by atoms with Crippen LogP contribution in [0, 0.1) is 0 Å². The highest BCUT2D eigenvalue weighted by Gasteiger charge is 1.97. The second kappa shape index (κ2) is 8.12. The van der Waals surface area contributed by atoms with Crippen LogP contribution in [0.1, 0.15) is 12.5 Å². The maximum Gasteiger partial charge on any atom is 0.210 e. The van der Waals surface area contributed by atoms with Gasteiger partial charge in [-0.3, -0.25) is 0 Å². The number of hydrogen-bond acceptors (Lipinski definition) is 3. The van der Waals surface area contributed by atoms with Crippen LogP contribution >= 0.6 is 27.7 Å². The third-order valence-electron chi connectivity index (χ3n) is 2.13. The summed E-state index contributed by atoms with van der Waals surface area (Å²) in [6.07, 6.45) is 3.64. The second-order valence-corrected chi connectivity index (χ2v) is 5.68. The lowest BCUT2D eigenvalue weighted by Crippen LogP contribution is -2.08. The maximum atomic E-state index is 4.22. The zero-order chi connectivity index (χ0) is 14.3. The molecule has 0 bridgehead atoms. The molecule has 0 radical (unpaired) electrons. The van der Waals surface area contributed by atoms with Gasteiger partial charge in [0.1, 0.15) is 0 Å². The van der Waals surface area contributed by atoms with Gasteiger partial charge in [0.05, 0.1) is 12.1 Å². The predicted octanol–water partition coefficient (Wildman–Crippen LogP) is 3.48. The van der Waals surface area contributed by atoms with Crippen LogP contribution in [-0.4, -0.2) is 42.5 Å². The largest absolute Gasteiger partial charge is 0.369 e. The highest BCUT2D eigenvalue weighted by Crippen LogP contribution is 2.11. The molecule has 0 aliphatic carbocycles. The highest BCUT2D eigenvalue weighted by atomic mass is 79.9. The van der Waals surface area contributed by atoms with Crippen molar-refractivity contribution in [2.75, 3.05) is 20.4 Å². The standard InChI is InChI=1S/C13H17BrN4S/c1-10(11-5-7-12(14)8-6-11)16-17-13(19-4)15-9-18(2)3/h5-9H,1-4H3/b15-9+,16-10+,17-13-. The van der Waals surface area contributed by atoms with E-state index >= 15 is 0 Å². The number of aliphatic imine (C=N–C) groups is 1. The first kappa shape index (κ1) is 15.9. The first-order valence-corrected chi connectivity index (χ1v) is 7.67. The van der Waals surface area contributed by atoms with Gasteiger partial charge in [0, 0.05) is 18.6 Å². The Morgan fingerprint density at radius 3 is 2.37 bits per heavy atom. The molecule has 0 aromatic heterocycles. The molecular weight excluding hydrogens is 324 g/mol. The van der Waals surface area contributed by atoms with Crippen LogP contribution in [0.4, 0.5) is 0 Å². The van der Waals surface area contributed by atoms with Crippen molar-refractivity contribution in [2.45, 2.75) is 6.92 Å². The van der Waals surface area contributed by atoms with Crippen LogP contribution in [0.25, 0.3) is 0 Å². The number of hydrogen-bond donors (Lipinski definition) is 0. The summed E-state index contributed by atoms with van der Waals surface area (Å²) in [5.41, 5.74) is 1.91. The van der Waals surface area contributed by atoms with Crippen LogP contribution in [0.5, 0.6) is 0 Å². The average Bonchev–Trinajstić information content (AvgIpc) is 2.39. The molecule has 0 atom stereocenters. The molecule has 19 heavy (non-hydrogen) atoms. The maximum absolute atomic E-state index is 4.22. The summed E-state index contributed by atoms with van der Waals surface area (Å²) in [7, 11) is 3.83. The first-order valence-electron chi connectivity index (χ1n) is 5.65. The third kappa shape index (κ3) is 6.02. The van der Waals surface area contributed by atoms with E-state index in [1.807, 2.05) is 56.4 Å². The fourth-order valence-electron chi connectivity index (χ4n) is 1.15. The summed E-state index contributed by atoms with van der Waals surface area (Å²) < 4.78 is 1.05. The van der Waals surface area contributed by atoms with Crippen LogP contribution in [-0.2, 0) is 0 Å². The minimum absolute atomic E-state index is 0.630. The Hall–Kier alpha value is -1.14. The van der Waals surface area contributed by atoms with Crippen LogP contribution < -0.4 is 0 Å². The summed E-state index contributed by atoms with van der Waals surface area (Å²) >= 11 is 4.87. The van der Waals surface area contributed by atoms with Gasteiger partial charge in [-0.1, -0.05) is 39.8 Å². The molecule has 0 amide bonds. The second-order valence-electron chi connectivity index (χ2n) is 3.99. The lowest BCUT2D eigenvalue weighted by atomic mass is 10.1. The lowest BCUT2D eigenvalue weighted by Gasteiger charge is -2.02. The Bertz CT molecular complexity index is 492. The van der Waals surface area contributed by atoms with Gasteiger partial charge >= 0.3 is 0 Å². The molecule has 0 N–H and O–H groups in total. The zero-order valence-electron chi connectivity index (χ0n) is 11.5. The monoisotopic (exact) mass is 340 g/mol. The van der Waals surface area contributed by atoms with Gasteiger partial charge in [0.25, 0.3) is 0 Å². The Balaban J connectivity index is 2.85. The molecule has 1 rings (SSSR count). The van der Waals surface area contributed by atoms with Gasteiger partial charge in [-0.05, 0) is 30.9 Å². The van der Waals surface area contributed by atoms with E-state index in [1.165, 1.54) is 11.8 Å². The molecule has 1 aromatic carbocycles. The molecule has 0 saturated heterocycles.